The lowest BCUT2D eigenvalue weighted by molar-refractivity contribution is 0.381. The summed E-state index contributed by atoms with van der Waals surface area (Å²) in [5, 5.41) is 0. The maximum atomic E-state index is 8.74. The molecule has 0 unspecified atom stereocenters. The fourth-order valence-corrected chi connectivity index (χ4v) is 0. The first-order valence-electron chi connectivity index (χ1n) is 0.698. The summed E-state index contributed by atoms with van der Waals surface area (Å²) < 4.78 is 31.6. The molecule has 0 bridgehead atoms. The van der Waals surface area contributed by atoms with E-state index < -0.39 is 10.4 Å². The zero-order chi connectivity index (χ0) is 4.50. The smallest absolute Gasteiger partial charge is 0.394 e. The van der Waals surface area contributed by atoms with Crippen LogP contribution in [-0.2, 0) is 10.4 Å². The van der Waals surface area contributed by atoms with E-state index >= 15 is 0 Å². The van der Waals surface area contributed by atoms with E-state index in [4.69, 9.17) is 17.5 Å². The molecule has 0 amide bonds. The molecular formula is H9AlO6S. The third-order valence-corrected chi connectivity index (χ3v) is 0. The average molecular weight is 164 g/mol. The summed E-state index contributed by atoms with van der Waals surface area (Å²) in [4.78, 5) is 0. The highest BCUT2D eigenvalue weighted by molar-refractivity contribution is 7.79. The molecule has 0 aromatic heterocycles. The summed E-state index contributed by atoms with van der Waals surface area (Å²) in [6, 6.07) is 0. The third kappa shape index (κ3) is 1720. The summed E-state index contributed by atoms with van der Waals surface area (Å²) in [5.74, 6) is 0. The number of hydrogen-bond donors (Lipinski definition) is 2. The Bertz CT molecular complexity index is 91.7. The Morgan fingerprint density at radius 3 is 1.00 bits per heavy atom. The van der Waals surface area contributed by atoms with Gasteiger partial charge in [-0.3, -0.25) is 9.11 Å². The van der Waals surface area contributed by atoms with Crippen LogP contribution in [0.4, 0.5) is 0 Å². The topological polar surface area (TPSA) is 138 Å². The molecule has 0 aromatic rings. The molecular weight excluding hydrogens is 155 g/mol. The summed E-state index contributed by atoms with van der Waals surface area (Å²) in [6.07, 6.45) is 0. The van der Waals surface area contributed by atoms with Gasteiger partial charge in [-0.25, -0.2) is 0 Å². The van der Waals surface area contributed by atoms with Gasteiger partial charge in [0.15, 0.2) is 17.4 Å². The Kier molecular flexibility index (Phi) is 21.9. The molecule has 0 aromatic carbocycles. The molecule has 8 heavy (non-hydrogen) atoms. The minimum Gasteiger partial charge on any atom is -0.412 e. The minimum absolute atomic E-state index is 0. The Morgan fingerprint density at radius 2 is 1.00 bits per heavy atom. The zero-order valence-electron chi connectivity index (χ0n) is 3.12. The van der Waals surface area contributed by atoms with E-state index in [0.717, 1.165) is 0 Å². The van der Waals surface area contributed by atoms with Crippen molar-refractivity contribution in [2.75, 3.05) is 0 Å². The first-order valence-corrected chi connectivity index (χ1v) is 2.10. The molecule has 0 saturated carbocycles. The minimum atomic E-state index is -4.67. The van der Waals surface area contributed by atoms with Crippen LogP contribution in [0.5, 0.6) is 0 Å². The van der Waals surface area contributed by atoms with Crippen LogP contribution in [-0.4, -0.2) is 45.8 Å². The number of hydrogen-bond acceptors (Lipinski definition) is 2. The van der Waals surface area contributed by atoms with Crippen molar-refractivity contribution in [2.24, 2.45) is 0 Å². The molecule has 0 fully saturated rings. The quantitative estimate of drug-likeness (QED) is 0.283. The summed E-state index contributed by atoms with van der Waals surface area (Å²) in [5.41, 5.74) is 0. The summed E-state index contributed by atoms with van der Waals surface area (Å²) in [7, 11) is -4.67. The van der Waals surface area contributed by atoms with Crippen LogP contribution in [0.25, 0.3) is 0 Å². The highest BCUT2D eigenvalue weighted by Crippen LogP contribution is 1.59. The van der Waals surface area contributed by atoms with Crippen molar-refractivity contribution in [3.63, 3.8) is 0 Å². The van der Waals surface area contributed by atoms with Gasteiger partial charge in [-0.15, -0.1) is 0 Å². The van der Waals surface area contributed by atoms with Crippen molar-refractivity contribution in [1.82, 2.24) is 0 Å². The van der Waals surface area contributed by atoms with Crippen molar-refractivity contribution < 1.29 is 28.5 Å². The second-order valence-electron chi connectivity index (χ2n) is 0.448. The van der Waals surface area contributed by atoms with E-state index in [9.17, 15) is 0 Å². The third-order valence-electron chi connectivity index (χ3n) is 0. The second-order valence-corrected chi connectivity index (χ2v) is 1.34. The summed E-state index contributed by atoms with van der Waals surface area (Å²) >= 11 is 0. The molecule has 0 aliphatic carbocycles. The van der Waals surface area contributed by atoms with Gasteiger partial charge in [-0.2, -0.15) is 8.42 Å². The van der Waals surface area contributed by atoms with Gasteiger partial charge < -0.3 is 11.0 Å². The van der Waals surface area contributed by atoms with Crippen molar-refractivity contribution in [1.29, 1.82) is 0 Å². The molecule has 0 radical (unpaired) electrons. The fourth-order valence-electron chi connectivity index (χ4n) is 0. The van der Waals surface area contributed by atoms with Gasteiger partial charge in [0.25, 0.3) is 0 Å². The molecule has 54 valence electrons. The van der Waals surface area contributed by atoms with Gasteiger partial charge in [0.1, 0.15) is 0 Å². The summed E-state index contributed by atoms with van der Waals surface area (Å²) in [6.45, 7) is 0. The maximum absolute atomic E-state index is 8.74. The molecule has 6 N–H and O–H groups in total. The first kappa shape index (κ1) is 23.9. The molecule has 0 spiro atoms. The highest BCUT2D eigenvalue weighted by Gasteiger charge is 1.84. The van der Waals surface area contributed by atoms with Gasteiger partial charge in [0.05, 0.1) is 0 Å². The van der Waals surface area contributed by atoms with Crippen LogP contribution < -0.4 is 0 Å². The van der Waals surface area contributed by atoms with Gasteiger partial charge >= 0.3 is 10.4 Å². The van der Waals surface area contributed by atoms with Crippen molar-refractivity contribution in [3.8, 4) is 0 Å². The Morgan fingerprint density at radius 1 is 1.00 bits per heavy atom. The predicted octanol–water partition coefficient (Wildman–Crippen LogP) is -3.49. The Hall–Kier alpha value is 0.322. The SMILES string of the molecule is O.O.O=S(=O)(O)O.[AlH3]. The normalized spacial score (nSPS) is 7.25. The monoisotopic (exact) mass is 164 g/mol. The van der Waals surface area contributed by atoms with Crippen LogP contribution in [0.2, 0.25) is 0 Å². The number of rotatable bonds is 0. The van der Waals surface area contributed by atoms with Crippen molar-refractivity contribution in [2.45, 2.75) is 0 Å². The predicted molar refractivity (Wildman–Crippen MR) is 31.3 cm³/mol. The van der Waals surface area contributed by atoms with Gasteiger partial charge in [0, 0.05) is 0 Å². The van der Waals surface area contributed by atoms with E-state index in [1.54, 1.807) is 0 Å². The molecule has 0 heterocycles. The van der Waals surface area contributed by atoms with Crippen LogP contribution in [0.3, 0.4) is 0 Å². The molecule has 8 heteroatoms. The lowest BCUT2D eigenvalue weighted by Gasteiger charge is -1.68. The van der Waals surface area contributed by atoms with E-state index in [2.05, 4.69) is 0 Å². The first-order chi connectivity index (χ1) is 2.00. The van der Waals surface area contributed by atoms with Gasteiger partial charge in [-0.05, 0) is 0 Å². The molecule has 0 rings (SSSR count). The molecule has 0 aliphatic rings. The molecule has 0 aliphatic heterocycles. The van der Waals surface area contributed by atoms with Crippen LogP contribution in [0, 0.1) is 0 Å². The Balaban J connectivity index is -0.0000000267. The van der Waals surface area contributed by atoms with Crippen LogP contribution in [0.15, 0.2) is 0 Å². The largest absolute Gasteiger partial charge is 0.412 e. The maximum Gasteiger partial charge on any atom is 0.394 e. The lowest BCUT2D eigenvalue weighted by atomic mass is 15.8. The average Bonchev–Trinajstić information content (AvgIpc) is 0.722. The highest BCUT2D eigenvalue weighted by atomic mass is 32.3. The molecule has 0 atom stereocenters. The lowest BCUT2D eigenvalue weighted by Crippen LogP contribution is -1.89. The van der Waals surface area contributed by atoms with Gasteiger partial charge in [-0.1, -0.05) is 0 Å². The van der Waals surface area contributed by atoms with Crippen molar-refractivity contribution in [3.05, 3.63) is 0 Å². The van der Waals surface area contributed by atoms with E-state index in [1.165, 1.54) is 0 Å². The second kappa shape index (κ2) is 7.32. The van der Waals surface area contributed by atoms with E-state index in [0.29, 0.717) is 0 Å². The van der Waals surface area contributed by atoms with Gasteiger partial charge in [0.2, 0.25) is 0 Å². The van der Waals surface area contributed by atoms with Crippen LogP contribution >= 0.6 is 0 Å². The molecule has 0 saturated heterocycles. The zero-order valence-corrected chi connectivity index (χ0v) is 3.94. The van der Waals surface area contributed by atoms with E-state index in [-0.39, 0.29) is 28.3 Å². The van der Waals surface area contributed by atoms with E-state index in [1.807, 2.05) is 0 Å². The van der Waals surface area contributed by atoms with Crippen LogP contribution in [0.1, 0.15) is 0 Å². The molecule has 6 nitrogen and oxygen atoms in total. The van der Waals surface area contributed by atoms with Crippen molar-refractivity contribution >= 4 is 27.8 Å². The standard InChI is InChI=1S/Al.H2O4S.2H2O.3H/c;1-5(2,3)4;;;;;/h;(H2,1,2,3,4);2*1H2;;;. The Labute approximate surface area is 56.8 Å². The fraction of sp³-hybridized carbons (Fsp3) is 0.